The number of nitrogens with one attached hydrogen (secondary N) is 2. The van der Waals surface area contributed by atoms with Crippen LogP contribution < -0.4 is 10.6 Å². The van der Waals surface area contributed by atoms with Crippen molar-refractivity contribution in [2.75, 3.05) is 39.9 Å². The first-order valence-electron chi connectivity index (χ1n) is 9.60. The van der Waals surface area contributed by atoms with Crippen LogP contribution >= 0.6 is 0 Å². The largest absolute Gasteiger partial charge is 0.385 e. The van der Waals surface area contributed by atoms with Crippen LogP contribution in [0.3, 0.4) is 0 Å². The lowest BCUT2D eigenvalue weighted by Crippen LogP contribution is -2.38. The van der Waals surface area contributed by atoms with Gasteiger partial charge < -0.3 is 20.3 Å². The van der Waals surface area contributed by atoms with Gasteiger partial charge in [0.2, 0.25) is 5.91 Å². The van der Waals surface area contributed by atoms with Gasteiger partial charge in [0.05, 0.1) is 0 Å². The topological polar surface area (TPSA) is 66.0 Å². The molecular formula is C20H32N4O2. The zero-order valence-corrected chi connectivity index (χ0v) is 16.1. The summed E-state index contributed by atoms with van der Waals surface area (Å²) in [5.74, 6) is 1.04. The van der Waals surface area contributed by atoms with Gasteiger partial charge in [0.25, 0.3) is 0 Å². The van der Waals surface area contributed by atoms with Crippen molar-refractivity contribution in [2.24, 2.45) is 4.99 Å². The van der Waals surface area contributed by atoms with Crippen LogP contribution in [0.2, 0.25) is 0 Å². The first kappa shape index (κ1) is 20.2. The molecule has 144 valence electrons. The van der Waals surface area contributed by atoms with Crippen molar-refractivity contribution in [1.82, 2.24) is 15.5 Å². The van der Waals surface area contributed by atoms with E-state index in [0.717, 1.165) is 58.0 Å². The Labute approximate surface area is 157 Å². The van der Waals surface area contributed by atoms with Crippen molar-refractivity contribution < 1.29 is 9.53 Å². The van der Waals surface area contributed by atoms with Crippen molar-refractivity contribution in [3.63, 3.8) is 0 Å². The predicted molar refractivity (Wildman–Crippen MR) is 105 cm³/mol. The predicted octanol–water partition coefficient (Wildman–Crippen LogP) is 1.94. The van der Waals surface area contributed by atoms with Crippen molar-refractivity contribution >= 4 is 11.9 Å². The number of ether oxygens (including phenoxy) is 1. The molecule has 1 aliphatic rings. The fourth-order valence-corrected chi connectivity index (χ4v) is 3.05. The molecule has 6 heteroatoms. The number of hydrogen-bond donors (Lipinski definition) is 2. The normalized spacial score (nSPS) is 14.1. The summed E-state index contributed by atoms with van der Waals surface area (Å²) in [6.07, 6.45) is 3.21. The molecular weight excluding hydrogens is 328 g/mol. The number of carbonyl (C=O) groups excluding carboxylic acids is 1. The summed E-state index contributed by atoms with van der Waals surface area (Å²) < 4.78 is 5.05. The summed E-state index contributed by atoms with van der Waals surface area (Å²) >= 11 is 0. The van der Waals surface area contributed by atoms with Crippen LogP contribution in [0.15, 0.2) is 29.3 Å². The van der Waals surface area contributed by atoms with Gasteiger partial charge in [0.15, 0.2) is 5.96 Å². The van der Waals surface area contributed by atoms with Gasteiger partial charge >= 0.3 is 0 Å². The lowest BCUT2D eigenvalue weighted by molar-refractivity contribution is -0.132. The maximum absolute atomic E-state index is 12.5. The molecule has 0 radical (unpaired) electrons. The second-order valence-electron chi connectivity index (χ2n) is 6.47. The van der Waals surface area contributed by atoms with E-state index in [0.29, 0.717) is 13.0 Å². The van der Waals surface area contributed by atoms with Gasteiger partial charge in [0.1, 0.15) is 0 Å². The van der Waals surface area contributed by atoms with E-state index in [1.165, 1.54) is 11.1 Å². The smallest absolute Gasteiger partial charge is 0.222 e. The molecule has 0 saturated carbocycles. The minimum atomic E-state index is 0.229. The summed E-state index contributed by atoms with van der Waals surface area (Å²) in [5, 5.41) is 6.51. The number of carbonyl (C=O) groups is 1. The van der Waals surface area contributed by atoms with Crippen molar-refractivity contribution in [3.8, 4) is 0 Å². The highest BCUT2D eigenvalue weighted by molar-refractivity contribution is 5.80. The molecule has 0 bridgehead atoms. The molecule has 6 nitrogen and oxygen atoms in total. The Morgan fingerprint density at radius 2 is 2.04 bits per heavy atom. The molecule has 1 aromatic rings. The number of fused-ring (bicyclic) bond motifs is 1. The quantitative estimate of drug-likeness (QED) is 0.401. The SMILES string of the molecule is CCNC(=NCCCC(=O)N1CCc2ccccc2C1)NCCCOC. The average molecular weight is 361 g/mol. The van der Waals surface area contributed by atoms with Crippen molar-refractivity contribution in [3.05, 3.63) is 35.4 Å². The van der Waals surface area contributed by atoms with Gasteiger partial charge in [-0.1, -0.05) is 24.3 Å². The molecule has 1 aliphatic heterocycles. The van der Waals surface area contributed by atoms with E-state index in [2.05, 4.69) is 33.8 Å². The highest BCUT2D eigenvalue weighted by Gasteiger charge is 2.19. The first-order valence-corrected chi connectivity index (χ1v) is 9.60. The maximum atomic E-state index is 12.5. The van der Waals surface area contributed by atoms with E-state index in [-0.39, 0.29) is 5.91 Å². The number of methoxy groups -OCH3 is 1. The van der Waals surface area contributed by atoms with Crippen molar-refractivity contribution in [1.29, 1.82) is 0 Å². The second kappa shape index (κ2) is 11.5. The molecule has 26 heavy (non-hydrogen) atoms. The number of hydrogen-bond acceptors (Lipinski definition) is 3. The summed E-state index contributed by atoms with van der Waals surface area (Å²) in [6, 6.07) is 8.40. The molecule has 1 amide bonds. The third-order valence-corrected chi connectivity index (χ3v) is 4.46. The fraction of sp³-hybridized carbons (Fsp3) is 0.600. The van der Waals surface area contributed by atoms with E-state index < -0.39 is 0 Å². The Bertz CT molecular complexity index is 589. The minimum absolute atomic E-state index is 0.229. The van der Waals surface area contributed by atoms with Crippen molar-refractivity contribution in [2.45, 2.75) is 39.2 Å². The molecule has 2 rings (SSSR count). The third-order valence-electron chi connectivity index (χ3n) is 4.46. The third kappa shape index (κ3) is 6.67. The average Bonchev–Trinajstić information content (AvgIpc) is 2.67. The number of benzene rings is 1. The summed E-state index contributed by atoms with van der Waals surface area (Å²) in [7, 11) is 1.71. The first-order chi connectivity index (χ1) is 12.7. The minimum Gasteiger partial charge on any atom is -0.385 e. The molecule has 0 aliphatic carbocycles. The summed E-state index contributed by atoms with van der Waals surface area (Å²) in [4.78, 5) is 19.0. The van der Waals surface area contributed by atoms with Gasteiger partial charge in [-0.3, -0.25) is 9.79 Å². The van der Waals surface area contributed by atoms with Crippen LogP contribution in [0.5, 0.6) is 0 Å². The Morgan fingerprint density at radius 1 is 1.23 bits per heavy atom. The van der Waals surface area contributed by atoms with E-state index in [1.54, 1.807) is 7.11 Å². The molecule has 0 spiro atoms. The molecule has 0 aromatic heterocycles. The van der Waals surface area contributed by atoms with Gasteiger partial charge in [-0.15, -0.1) is 0 Å². The van der Waals surface area contributed by atoms with Crippen LogP contribution in [0.4, 0.5) is 0 Å². The standard InChI is InChI=1S/C20H32N4O2/c1-3-21-20(23-13-7-15-26-2)22-12-6-10-19(25)24-14-11-17-8-4-5-9-18(17)16-24/h4-5,8-9H,3,6-7,10-16H2,1-2H3,(H2,21,22,23). The van der Waals surface area contributed by atoms with Gasteiger partial charge in [0, 0.05) is 52.9 Å². The monoisotopic (exact) mass is 360 g/mol. The second-order valence-corrected chi connectivity index (χ2v) is 6.47. The van der Waals surface area contributed by atoms with E-state index in [9.17, 15) is 4.79 Å². The molecule has 2 N–H and O–H groups in total. The van der Waals surface area contributed by atoms with Crippen LogP contribution in [0.1, 0.15) is 37.3 Å². The summed E-state index contributed by atoms with van der Waals surface area (Å²) in [5.41, 5.74) is 2.65. The Kier molecular flexibility index (Phi) is 8.96. The molecule has 0 fully saturated rings. The van der Waals surface area contributed by atoms with E-state index in [4.69, 9.17) is 4.74 Å². The molecule has 1 aromatic carbocycles. The fourth-order valence-electron chi connectivity index (χ4n) is 3.05. The number of rotatable bonds is 9. The molecule has 0 saturated heterocycles. The number of aliphatic imine (C=N–C) groups is 1. The lowest BCUT2D eigenvalue weighted by atomic mass is 9.99. The molecule has 0 atom stereocenters. The summed E-state index contributed by atoms with van der Waals surface area (Å²) in [6.45, 7) is 6.64. The number of amides is 1. The Balaban J connectivity index is 1.71. The van der Waals surface area contributed by atoms with Crippen LogP contribution in [-0.4, -0.2) is 56.7 Å². The van der Waals surface area contributed by atoms with Crippen LogP contribution in [0, 0.1) is 0 Å². The maximum Gasteiger partial charge on any atom is 0.222 e. The number of guanidine groups is 1. The van der Waals surface area contributed by atoms with Gasteiger partial charge in [-0.2, -0.15) is 0 Å². The van der Waals surface area contributed by atoms with Crippen LogP contribution in [-0.2, 0) is 22.5 Å². The Hall–Kier alpha value is -2.08. The van der Waals surface area contributed by atoms with E-state index in [1.807, 2.05) is 17.9 Å². The number of nitrogens with zero attached hydrogens (tertiary/aromatic N) is 2. The Morgan fingerprint density at radius 3 is 2.81 bits per heavy atom. The highest BCUT2D eigenvalue weighted by atomic mass is 16.5. The molecule has 1 heterocycles. The van der Waals surface area contributed by atoms with Gasteiger partial charge in [-0.25, -0.2) is 0 Å². The molecule has 0 unspecified atom stereocenters. The van der Waals surface area contributed by atoms with Gasteiger partial charge in [-0.05, 0) is 37.3 Å². The van der Waals surface area contributed by atoms with E-state index >= 15 is 0 Å². The zero-order valence-electron chi connectivity index (χ0n) is 16.1. The lowest BCUT2D eigenvalue weighted by Gasteiger charge is -2.28. The highest BCUT2D eigenvalue weighted by Crippen LogP contribution is 2.19. The zero-order chi connectivity index (χ0) is 18.6. The van der Waals surface area contributed by atoms with Crippen LogP contribution in [0.25, 0.3) is 0 Å².